The molecule has 0 fully saturated rings. The van der Waals surface area contributed by atoms with Crippen molar-refractivity contribution in [2.75, 3.05) is 12.9 Å². The lowest BCUT2D eigenvalue weighted by atomic mass is 10.1. The minimum absolute atomic E-state index is 0.184. The first kappa shape index (κ1) is 14.4. The Hall–Kier alpha value is -0.710. The predicted molar refractivity (Wildman–Crippen MR) is 72.3 cm³/mol. The fourth-order valence-corrected chi connectivity index (χ4v) is 2.78. The van der Waals surface area contributed by atoms with E-state index in [4.69, 9.17) is 4.74 Å². The van der Waals surface area contributed by atoms with Gasteiger partial charge in [-0.25, -0.2) is 4.79 Å². The number of nitrogens with zero attached hydrogens (tertiary/aromatic N) is 1. The van der Waals surface area contributed by atoms with E-state index in [1.807, 2.05) is 13.8 Å². The molecular weight excluding hydrogens is 236 g/mol. The van der Waals surface area contributed by atoms with Crippen molar-refractivity contribution >= 4 is 22.9 Å². The summed E-state index contributed by atoms with van der Waals surface area (Å²) in [6.45, 7) is 8.32. The number of ether oxygens (including phenoxy) is 1. The Bertz CT molecular complexity index is 303. The van der Waals surface area contributed by atoms with E-state index in [1.165, 1.54) is 7.11 Å². The lowest BCUT2D eigenvalue weighted by molar-refractivity contribution is -0.143. The maximum Gasteiger partial charge on any atom is 0.328 e. The van der Waals surface area contributed by atoms with Crippen LogP contribution in [-0.4, -0.2) is 36.1 Å². The van der Waals surface area contributed by atoms with Gasteiger partial charge in [0, 0.05) is 5.75 Å². The first-order valence-electron chi connectivity index (χ1n) is 6.00. The largest absolute Gasteiger partial charge is 0.467 e. The molecule has 1 aliphatic heterocycles. The molecule has 0 aromatic heterocycles. The van der Waals surface area contributed by atoms with E-state index in [0.717, 1.165) is 10.9 Å². The quantitative estimate of drug-likeness (QED) is 0.783. The molecule has 2 atom stereocenters. The van der Waals surface area contributed by atoms with Crippen molar-refractivity contribution in [1.29, 1.82) is 0 Å². The van der Waals surface area contributed by atoms with Crippen LogP contribution in [0.1, 0.15) is 27.7 Å². The summed E-state index contributed by atoms with van der Waals surface area (Å²) in [5.74, 6) is 1.49. The first-order valence-corrected chi connectivity index (χ1v) is 6.99. The van der Waals surface area contributed by atoms with Crippen LogP contribution in [0.15, 0.2) is 4.99 Å². The first-order chi connectivity index (χ1) is 7.95. The van der Waals surface area contributed by atoms with Crippen LogP contribution in [0.5, 0.6) is 0 Å². The Morgan fingerprint density at radius 1 is 1.47 bits per heavy atom. The average Bonchev–Trinajstić information content (AvgIpc) is 2.73. The second-order valence-corrected chi connectivity index (χ2v) is 5.95. The second-order valence-electron chi connectivity index (χ2n) is 4.95. The monoisotopic (exact) mass is 258 g/mol. The Kier molecular flexibility index (Phi) is 5.31. The zero-order valence-corrected chi connectivity index (χ0v) is 12.0. The van der Waals surface area contributed by atoms with Gasteiger partial charge in [0.15, 0.2) is 5.17 Å². The van der Waals surface area contributed by atoms with Crippen LogP contribution in [0.25, 0.3) is 0 Å². The number of nitrogens with one attached hydrogen (secondary N) is 1. The third kappa shape index (κ3) is 3.91. The zero-order chi connectivity index (χ0) is 13.0. The van der Waals surface area contributed by atoms with E-state index >= 15 is 0 Å². The summed E-state index contributed by atoms with van der Waals surface area (Å²) in [5, 5.41) is 4.06. The molecule has 0 aromatic carbocycles. The SMILES string of the molecule is COC(=O)C(NC1=NC(C(C)C)CS1)C(C)C. The molecule has 1 N–H and O–H groups in total. The van der Waals surface area contributed by atoms with Gasteiger partial charge >= 0.3 is 5.97 Å². The summed E-state index contributed by atoms with van der Waals surface area (Å²) >= 11 is 1.68. The van der Waals surface area contributed by atoms with Crippen molar-refractivity contribution in [3.8, 4) is 0 Å². The molecular formula is C12H22N2O2S. The van der Waals surface area contributed by atoms with Crippen molar-refractivity contribution in [3.05, 3.63) is 0 Å². The maximum atomic E-state index is 11.6. The smallest absolute Gasteiger partial charge is 0.328 e. The standard InChI is InChI=1S/C12H22N2O2S/c1-7(2)9-6-17-12(13-9)14-10(8(3)4)11(15)16-5/h7-10H,6H2,1-5H3,(H,13,14). The molecule has 5 heteroatoms. The Balaban J connectivity index is 2.63. The Morgan fingerprint density at radius 3 is 2.53 bits per heavy atom. The molecule has 0 spiro atoms. The molecule has 4 nitrogen and oxygen atoms in total. The molecule has 0 aliphatic carbocycles. The van der Waals surface area contributed by atoms with Crippen molar-refractivity contribution in [2.24, 2.45) is 16.8 Å². The van der Waals surface area contributed by atoms with E-state index in [-0.39, 0.29) is 17.9 Å². The highest BCUT2D eigenvalue weighted by Gasteiger charge is 2.28. The molecule has 2 unspecified atom stereocenters. The van der Waals surface area contributed by atoms with Crippen molar-refractivity contribution in [2.45, 2.75) is 39.8 Å². The normalized spacial score (nSPS) is 21.6. The van der Waals surface area contributed by atoms with Crippen LogP contribution < -0.4 is 5.32 Å². The van der Waals surface area contributed by atoms with Gasteiger partial charge in [-0.2, -0.15) is 0 Å². The highest BCUT2D eigenvalue weighted by molar-refractivity contribution is 8.14. The van der Waals surface area contributed by atoms with Gasteiger partial charge in [0.25, 0.3) is 0 Å². The number of hydrogen-bond donors (Lipinski definition) is 1. The van der Waals surface area contributed by atoms with Gasteiger partial charge in [-0.05, 0) is 11.8 Å². The summed E-state index contributed by atoms with van der Waals surface area (Å²) in [7, 11) is 1.42. The van der Waals surface area contributed by atoms with Gasteiger partial charge in [-0.3, -0.25) is 4.99 Å². The molecule has 1 rings (SSSR count). The van der Waals surface area contributed by atoms with E-state index in [9.17, 15) is 4.79 Å². The van der Waals surface area contributed by atoms with Crippen LogP contribution in [0.4, 0.5) is 0 Å². The summed E-state index contributed by atoms with van der Waals surface area (Å²) in [5.41, 5.74) is 0. The van der Waals surface area contributed by atoms with Gasteiger partial charge in [0.2, 0.25) is 0 Å². The number of carbonyl (C=O) groups excluding carboxylic acids is 1. The van der Waals surface area contributed by atoms with Gasteiger partial charge in [-0.15, -0.1) is 0 Å². The van der Waals surface area contributed by atoms with Crippen molar-refractivity contribution < 1.29 is 9.53 Å². The third-order valence-electron chi connectivity index (χ3n) is 2.84. The summed E-state index contributed by atoms with van der Waals surface area (Å²) in [6, 6.07) is 0.0464. The van der Waals surface area contributed by atoms with E-state index < -0.39 is 0 Å². The Morgan fingerprint density at radius 2 is 2.12 bits per heavy atom. The van der Waals surface area contributed by atoms with Crippen LogP contribution in [0.3, 0.4) is 0 Å². The molecule has 98 valence electrons. The molecule has 0 radical (unpaired) electrons. The summed E-state index contributed by atoms with van der Waals surface area (Å²) < 4.78 is 4.79. The number of hydrogen-bond acceptors (Lipinski definition) is 5. The van der Waals surface area contributed by atoms with Gasteiger partial charge in [-0.1, -0.05) is 39.5 Å². The van der Waals surface area contributed by atoms with Crippen LogP contribution in [-0.2, 0) is 9.53 Å². The number of esters is 1. The zero-order valence-electron chi connectivity index (χ0n) is 11.2. The maximum absolute atomic E-state index is 11.6. The Labute approximate surface area is 108 Å². The van der Waals surface area contributed by atoms with Crippen molar-refractivity contribution in [3.63, 3.8) is 0 Å². The second kappa shape index (κ2) is 6.28. The van der Waals surface area contributed by atoms with E-state index in [0.29, 0.717) is 12.0 Å². The lowest BCUT2D eigenvalue weighted by Gasteiger charge is -2.20. The molecule has 1 aliphatic rings. The van der Waals surface area contributed by atoms with Crippen molar-refractivity contribution in [1.82, 2.24) is 5.32 Å². The van der Waals surface area contributed by atoms with E-state index in [1.54, 1.807) is 11.8 Å². The van der Waals surface area contributed by atoms with Gasteiger partial charge in [0.1, 0.15) is 6.04 Å². The number of amidine groups is 1. The van der Waals surface area contributed by atoms with Crippen LogP contribution in [0, 0.1) is 11.8 Å². The number of aliphatic imine (C=N–C) groups is 1. The van der Waals surface area contributed by atoms with E-state index in [2.05, 4.69) is 24.2 Å². The highest BCUT2D eigenvalue weighted by Crippen LogP contribution is 2.22. The molecule has 1 heterocycles. The molecule has 0 amide bonds. The number of thioether (sulfide) groups is 1. The third-order valence-corrected chi connectivity index (χ3v) is 3.85. The summed E-state index contributed by atoms with van der Waals surface area (Å²) in [6.07, 6.45) is 0. The average molecular weight is 258 g/mol. The summed E-state index contributed by atoms with van der Waals surface area (Å²) in [4.78, 5) is 16.2. The number of methoxy groups -OCH3 is 1. The number of rotatable bonds is 4. The minimum Gasteiger partial charge on any atom is -0.467 e. The predicted octanol–water partition coefficient (Wildman–Crippen LogP) is 1.90. The van der Waals surface area contributed by atoms with Gasteiger partial charge in [0.05, 0.1) is 13.2 Å². The fraction of sp³-hybridized carbons (Fsp3) is 0.833. The molecule has 0 bridgehead atoms. The van der Waals surface area contributed by atoms with Gasteiger partial charge < -0.3 is 10.1 Å². The lowest BCUT2D eigenvalue weighted by Crippen LogP contribution is -2.43. The van der Waals surface area contributed by atoms with Crippen LogP contribution in [0.2, 0.25) is 0 Å². The molecule has 0 saturated heterocycles. The molecule has 0 saturated carbocycles. The highest BCUT2D eigenvalue weighted by atomic mass is 32.2. The topological polar surface area (TPSA) is 50.7 Å². The fourth-order valence-electron chi connectivity index (χ4n) is 1.57. The molecule has 17 heavy (non-hydrogen) atoms. The molecule has 0 aromatic rings. The van der Waals surface area contributed by atoms with Crippen LogP contribution >= 0.6 is 11.8 Å². The minimum atomic E-state index is -0.308. The number of carbonyl (C=O) groups is 1.